The number of nitrogens with one attached hydrogen (secondary N) is 1. The quantitative estimate of drug-likeness (QED) is 0.691. The molecule has 0 radical (unpaired) electrons. The lowest BCUT2D eigenvalue weighted by Gasteiger charge is -2.40. The van der Waals surface area contributed by atoms with Crippen LogP contribution in [0.3, 0.4) is 0 Å². The molecule has 1 heterocycles. The zero-order valence-electron chi connectivity index (χ0n) is 14.3. The van der Waals surface area contributed by atoms with E-state index in [2.05, 4.69) is 60.4 Å². The maximum atomic E-state index is 5.52. The average Bonchev–Trinajstić information content (AvgIpc) is 3.16. The lowest BCUT2D eigenvalue weighted by atomic mass is 9.68. The third kappa shape index (κ3) is 2.36. The van der Waals surface area contributed by atoms with Crippen molar-refractivity contribution in [3.05, 3.63) is 96.1 Å². The molecule has 0 saturated carbocycles. The number of rotatable bonds is 4. The minimum Gasteiger partial charge on any atom is -0.454 e. The van der Waals surface area contributed by atoms with Crippen LogP contribution in [0.1, 0.15) is 28.7 Å². The van der Waals surface area contributed by atoms with Crippen molar-refractivity contribution in [3.63, 3.8) is 0 Å². The highest BCUT2D eigenvalue weighted by Gasteiger charge is 2.37. The van der Waals surface area contributed by atoms with Crippen LogP contribution >= 0.6 is 0 Å². The lowest BCUT2D eigenvalue weighted by molar-refractivity contribution is 0.174. The van der Waals surface area contributed by atoms with E-state index in [1.807, 2.05) is 24.3 Å². The Balaban J connectivity index is 1.53. The molecule has 1 aliphatic heterocycles. The highest BCUT2D eigenvalue weighted by molar-refractivity contribution is 5.84. The summed E-state index contributed by atoms with van der Waals surface area (Å²) in [6.07, 6.45) is 0. The first-order valence-corrected chi connectivity index (χ1v) is 8.80. The Bertz CT molecular complexity index is 981. The average molecular weight is 341 g/mol. The van der Waals surface area contributed by atoms with Gasteiger partial charge in [0.1, 0.15) is 0 Å². The number of hydrogen-bond donors (Lipinski definition) is 1. The molecule has 0 fully saturated rings. The fourth-order valence-corrected chi connectivity index (χ4v) is 3.90. The molecule has 0 unspecified atom stereocenters. The van der Waals surface area contributed by atoms with E-state index in [1.165, 1.54) is 22.3 Å². The van der Waals surface area contributed by atoms with Gasteiger partial charge in [-0.2, -0.15) is 0 Å². The molecule has 3 nitrogen and oxygen atoms in total. The Morgan fingerprint density at radius 3 is 2.54 bits per heavy atom. The second kappa shape index (κ2) is 5.95. The summed E-state index contributed by atoms with van der Waals surface area (Å²) in [5.41, 5.74) is 6.05. The van der Waals surface area contributed by atoms with E-state index in [9.17, 15) is 0 Å². The number of fused-ring (bicyclic) bond motifs is 2. The standard InChI is InChI=1S/C23H19NO2/c1-15-18-9-5-6-10-19(18)22(15)23(16-7-3-2-4-8-16)24-17-11-12-20-21(13-17)26-14-25-20/h2-13,22-24H,1,14H2/t22-,23+/m0/s1. The van der Waals surface area contributed by atoms with Crippen molar-refractivity contribution in [1.29, 1.82) is 0 Å². The predicted molar refractivity (Wildman–Crippen MR) is 104 cm³/mol. The summed E-state index contributed by atoms with van der Waals surface area (Å²) in [5.74, 6) is 1.83. The van der Waals surface area contributed by atoms with Gasteiger partial charge in [-0.3, -0.25) is 0 Å². The van der Waals surface area contributed by atoms with Gasteiger partial charge in [-0.15, -0.1) is 0 Å². The van der Waals surface area contributed by atoms with E-state index >= 15 is 0 Å². The van der Waals surface area contributed by atoms with Gasteiger partial charge < -0.3 is 14.8 Å². The third-order valence-corrected chi connectivity index (χ3v) is 5.20. The number of hydrogen-bond acceptors (Lipinski definition) is 3. The van der Waals surface area contributed by atoms with Crippen molar-refractivity contribution in [1.82, 2.24) is 0 Å². The first-order valence-electron chi connectivity index (χ1n) is 8.80. The zero-order chi connectivity index (χ0) is 17.5. The molecule has 3 aromatic carbocycles. The number of anilines is 1. The maximum absolute atomic E-state index is 5.52. The van der Waals surface area contributed by atoms with E-state index in [0.29, 0.717) is 0 Å². The molecule has 0 spiro atoms. The fraction of sp³-hybridized carbons (Fsp3) is 0.130. The Labute approximate surface area is 152 Å². The van der Waals surface area contributed by atoms with E-state index in [1.54, 1.807) is 0 Å². The van der Waals surface area contributed by atoms with Crippen LogP contribution in [0.5, 0.6) is 11.5 Å². The van der Waals surface area contributed by atoms with Crippen molar-refractivity contribution in [2.45, 2.75) is 12.0 Å². The Morgan fingerprint density at radius 2 is 1.65 bits per heavy atom. The SMILES string of the molecule is C=C1c2ccccc2[C@H]1[C@H](Nc1ccc2c(c1)OCO2)c1ccccc1. The molecular weight excluding hydrogens is 322 g/mol. The lowest BCUT2D eigenvalue weighted by Crippen LogP contribution is -2.27. The molecule has 0 bridgehead atoms. The summed E-state index contributed by atoms with van der Waals surface area (Å²) in [6.45, 7) is 4.63. The smallest absolute Gasteiger partial charge is 0.231 e. The highest BCUT2D eigenvalue weighted by atomic mass is 16.7. The van der Waals surface area contributed by atoms with Crippen LogP contribution in [-0.2, 0) is 0 Å². The Morgan fingerprint density at radius 1 is 0.885 bits per heavy atom. The van der Waals surface area contributed by atoms with Crippen molar-refractivity contribution >= 4 is 11.3 Å². The molecule has 0 saturated heterocycles. The molecular formula is C23H19NO2. The topological polar surface area (TPSA) is 30.5 Å². The minimum absolute atomic E-state index is 0.110. The number of benzene rings is 3. The summed E-state index contributed by atoms with van der Waals surface area (Å²) in [4.78, 5) is 0. The Kier molecular flexibility index (Phi) is 3.45. The second-order valence-electron chi connectivity index (χ2n) is 6.69. The monoisotopic (exact) mass is 341 g/mol. The molecule has 5 rings (SSSR count). The van der Waals surface area contributed by atoms with Gasteiger partial charge in [0.05, 0.1) is 6.04 Å². The van der Waals surface area contributed by atoms with Crippen molar-refractivity contribution in [2.75, 3.05) is 12.1 Å². The van der Waals surface area contributed by atoms with Crippen molar-refractivity contribution in [3.8, 4) is 11.5 Å². The summed E-state index contributed by atoms with van der Waals surface area (Å²) >= 11 is 0. The molecule has 1 aliphatic carbocycles. The Hall–Kier alpha value is -3.20. The molecule has 128 valence electrons. The van der Waals surface area contributed by atoms with Gasteiger partial charge in [0.25, 0.3) is 0 Å². The van der Waals surface area contributed by atoms with E-state index in [-0.39, 0.29) is 18.8 Å². The molecule has 3 aromatic rings. The van der Waals surface area contributed by atoms with E-state index in [4.69, 9.17) is 9.47 Å². The summed E-state index contributed by atoms with van der Waals surface area (Å²) in [5, 5.41) is 3.70. The molecule has 0 amide bonds. The van der Waals surface area contributed by atoms with Crippen LogP contribution in [0.2, 0.25) is 0 Å². The van der Waals surface area contributed by atoms with Crippen LogP contribution in [-0.4, -0.2) is 6.79 Å². The first kappa shape index (κ1) is 15.1. The molecule has 2 atom stereocenters. The van der Waals surface area contributed by atoms with E-state index < -0.39 is 0 Å². The van der Waals surface area contributed by atoms with Crippen LogP contribution in [0, 0.1) is 0 Å². The van der Waals surface area contributed by atoms with Gasteiger partial charge in [-0.25, -0.2) is 0 Å². The highest BCUT2D eigenvalue weighted by Crippen LogP contribution is 2.52. The fourth-order valence-electron chi connectivity index (χ4n) is 3.90. The predicted octanol–water partition coefficient (Wildman–Crippen LogP) is 5.38. The van der Waals surface area contributed by atoms with Gasteiger partial charge >= 0.3 is 0 Å². The van der Waals surface area contributed by atoms with Gasteiger partial charge in [0.2, 0.25) is 6.79 Å². The summed E-state index contributed by atoms with van der Waals surface area (Å²) in [6, 6.07) is 25.2. The zero-order valence-corrected chi connectivity index (χ0v) is 14.3. The minimum atomic E-state index is 0.110. The van der Waals surface area contributed by atoms with E-state index in [0.717, 1.165) is 17.2 Å². The molecule has 2 aliphatic rings. The largest absolute Gasteiger partial charge is 0.454 e. The van der Waals surface area contributed by atoms with Gasteiger partial charge in [0.15, 0.2) is 11.5 Å². The third-order valence-electron chi connectivity index (χ3n) is 5.20. The molecule has 26 heavy (non-hydrogen) atoms. The normalized spacial score (nSPS) is 18.0. The second-order valence-corrected chi connectivity index (χ2v) is 6.69. The van der Waals surface area contributed by atoms with Crippen molar-refractivity contribution < 1.29 is 9.47 Å². The van der Waals surface area contributed by atoms with Crippen LogP contribution in [0.4, 0.5) is 5.69 Å². The van der Waals surface area contributed by atoms with Gasteiger partial charge in [-0.05, 0) is 34.4 Å². The number of ether oxygens (including phenoxy) is 2. The van der Waals surface area contributed by atoms with Crippen LogP contribution in [0.15, 0.2) is 79.4 Å². The van der Waals surface area contributed by atoms with Crippen LogP contribution in [0.25, 0.3) is 5.57 Å². The first-order chi connectivity index (χ1) is 12.8. The summed E-state index contributed by atoms with van der Waals surface area (Å²) in [7, 11) is 0. The van der Waals surface area contributed by atoms with Crippen LogP contribution < -0.4 is 14.8 Å². The van der Waals surface area contributed by atoms with Crippen molar-refractivity contribution in [2.24, 2.45) is 0 Å². The van der Waals surface area contributed by atoms with Gasteiger partial charge in [0, 0.05) is 17.7 Å². The summed E-state index contributed by atoms with van der Waals surface area (Å²) < 4.78 is 10.9. The molecule has 3 heteroatoms. The maximum Gasteiger partial charge on any atom is 0.231 e. The van der Waals surface area contributed by atoms with Gasteiger partial charge in [-0.1, -0.05) is 61.2 Å². The molecule has 1 N–H and O–H groups in total. The molecule has 0 aromatic heterocycles.